The Morgan fingerprint density at radius 3 is 2.28 bits per heavy atom. The fourth-order valence-electron chi connectivity index (χ4n) is 10.1. The van der Waals surface area contributed by atoms with Crippen molar-refractivity contribution in [1.82, 2.24) is 25.3 Å². The van der Waals surface area contributed by atoms with E-state index < -0.39 is 23.6 Å². The minimum Gasteiger partial charge on any atom is -0.381 e. The number of halogens is 2. The molecule has 0 saturated carbocycles. The Labute approximate surface area is 369 Å². The quantitative estimate of drug-likeness (QED) is 0.126. The lowest BCUT2D eigenvalue weighted by Gasteiger charge is -2.44. The number of anilines is 4. The number of aromatic nitrogens is 2. The molecular formula is C48H51F2N9O5. The van der Waals surface area contributed by atoms with Gasteiger partial charge in [0.15, 0.2) is 5.82 Å². The zero-order valence-corrected chi connectivity index (χ0v) is 35.5. The molecule has 0 aliphatic carbocycles. The van der Waals surface area contributed by atoms with Crippen LogP contribution in [0.1, 0.15) is 75.9 Å². The Kier molecular flexibility index (Phi) is 11.5. The van der Waals surface area contributed by atoms with Gasteiger partial charge in [0.1, 0.15) is 17.7 Å². The summed E-state index contributed by atoms with van der Waals surface area (Å²) in [7, 11) is 0. The first kappa shape index (κ1) is 41.6. The van der Waals surface area contributed by atoms with Crippen LogP contribution in [0.4, 0.5) is 31.7 Å². The number of ether oxygens (including phenoxy) is 1. The monoisotopic (exact) mass is 871 g/mol. The summed E-state index contributed by atoms with van der Waals surface area (Å²) >= 11 is 0. The number of piperazine rings is 1. The van der Waals surface area contributed by atoms with Crippen molar-refractivity contribution in [3.8, 4) is 0 Å². The van der Waals surface area contributed by atoms with Crippen LogP contribution in [0.2, 0.25) is 0 Å². The normalized spacial score (nSPS) is 20.2. The lowest BCUT2D eigenvalue weighted by Crippen LogP contribution is -2.53. The van der Waals surface area contributed by atoms with Crippen molar-refractivity contribution >= 4 is 57.4 Å². The van der Waals surface area contributed by atoms with E-state index in [0.29, 0.717) is 66.5 Å². The highest BCUT2D eigenvalue weighted by molar-refractivity contribution is 6.11. The van der Waals surface area contributed by atoms with E-state index in [1.54, 1.807) is 4.90 Å². The van der Waals surface area contributed by atoms with E-state index in [2.05, 4.69) is 53.0 Å². The van der Waals surface area contributed by atoms with E-state index in [0.717, 1.165) is 105 Å². The smallest absolute Gasteiger partial charge is 0.258 e. The topological polar surface area (TPSA) is 155 Å². The Bertz CT molecular complexity index is 2600. The van der Waals surface area contributed by atoms with Crippen LogP contribution in [0, 0.1) is 11.6 Å². The maximum absolute atomic E-state index is 14.1. The number of carbonyl (C=O) groups is 4. The highest BCUT2D eigenvalue weighted by atomic mass is 19.1. The van der Waals surface area contributed by atoms with Crippen molar-refractivity contribution in [3.63, 3.8) is 0 Å². The standard InChI is InChI=1S/C48H51F2N9O5/c49-32-22-30(23-33(50)26-32)21-29-1-6-41-40(24-29)45(55-54-41)53-46(61)39-5-3-37(27-42(39)51-34-11-19-64-20-12-34)58-17-15-57(16-18-58)35-9-13-56(14-10-35)36-2-4-38-31(25-36)28-59(48(38)63)43-7-8-44(60)52-47(43)62/h1-6,22-27,34-35,43,51H,7-21,28H2,(H,52,60,62)(H2,53,54,55,61). The number of H-pyrrole nitrogens is 1. The number of aromatic amines is 1. The van der Waals surface area contributed by atoms with Crippen LogP contribution in [0.3, 0.4) is 0 Å². The molecule has 6 heterocycles. The Morgan fingerprint density at radius 1 is 0.781 bits per heavy atom. The molecule has 4 amide bonds. The van der Waals surface area contributed by atoms with Crippen molar-refractivity contribution in [2.24, 2.45) is 0 Å². The molecule has 332 valence electrons. The Hall–Kier alpha value is -6.39. The second-order valence-electron chi connectivity index (χ2n) is 17.6. The molecule has 1 unspecified atom stereocenters. The number of carbonyl (C=O) groups excluding carboxylic acids is 4. The maximum atomic E-state index is 14.1. The van der Waals surface area contributed by atoms with Crippen LogP contribution in [0.5, 0.6) is 0 Å². The van der Waals surface area contributed by atoms with Crippen molar-refractivity contribution in [2.45, 2.75) is 69.6 Å². The number of piperidine rings is 2. The second-order valence-corrected chi connectivity index (χ2v) is 17.6. The van der Waals surface area contributed by atoms with E-state index in [1.165, 1.54) is 12.1 Å². The fraction of sp³-hybridized carbons (Fsp3) is 0.396. The minimum atomic E-state index is -0.627. The third kappa shape index (κ3) is 8.63. The first-order chi connectivity index (χ1) is 31.1. The summed E-state index contributed by atoms with van der Waals surface area (Å²) in [4.78, 5) is 60.5. The molecule has 1 atom stereocenters. The number of imide groups is 1. The van der Waals surface area contributed by atoms with Gasteiger partial charge in [-0.3, -0.25) is 34.5 Å². The molecule has 4 N–H and O–H groups in total. The van der Waals surface area contributed by atoms with Gasteiger partial charge in [-0.15, -0.1) is 0 Å². The fourth-order valence-corrected chi connectivity index (χ4v) is 10.1. The molecule has 16 heteroatoms. The van der Waals surface area contributed by atoms with Crippen LogP contribution in [-0.4, -0.2) is 114 Å². The average molecular weight is 872 g/mol. The van der Waals surface area contributed by atoms with E-state index in [1.807, 2.05) is 42.5 Å². The van der Waals surface area contributed by atoms with Crippen LogP contribution in [0.25, 0.3) is 10.9 Å². The first-order valence-corrected chi connectivity index (χ1v) is 22.3. The van der Waals surface area contributed by atoms with E-state index in [9.17, 15) is 28.0 Å². The van der Waals surface area contributed by atoms with Crippen molar-refractivity contribution < 1.29 is 32.7 Å². The summed E-state index contributed by atoms with van der Waals surface area (Å²) in [6, 6.07) is 21.1. The predicted octanol–water partition coefficient (Wildman–Crippen LogP) is 5.83. The molecule has 4 aromatic carbocycles. The van der Waals surface area contributed by atoms with Crippen molar-refractivity contribution in [2.75, 3.05) is 72.9 Å². The third-order valence-corrected chi connectivity index (χ3v) is 13.6. The molecule has 4 fully saturated rings. The number of amides is 4. The molecule has 4 saturated heterocycles. The lowest BCUT2D eigenvalue weighted by molar-refractivity contribution is -0.136. The number of rotatable bonds is 10. The highest BCUT2D eigenvalue weighted by Gasteiger charge is 2.39. The largest absolute Gasteiger partial charge is 0.381 e. The van der Waals surface area contributed by atoms with Gasteiger partial charge >= 0.3 is 0 Å². The van der Waals surface area contributed by atoms with E-state index in [4.69, 9.17) is 4.74 Å². The van der Waals surface area contributed by atoms with Gasteiger partial charge in [-0.1, -0.05) is 6.07 Å². The zero-order chi connectivity index (χ0) is 43.9. The summed E-state index contributed by atoms with van der Waals surface area (Å²) < 4.78 is 33.4. The molecule has 0 spiro atoms. The number of hydrogen-bond acceptors (Lipinski definition) is 10. The van der Waals surface area contributed by atoms with Gasteiger partial charge in [-0.25, -0.2) is 8.78 Å². The van der Waals surface area contributed by atoms with Gasteiger partial charge in [0.2, 0.25) is 11.8 Å². The van der Waals surface area contributed by atoms with Crippen molar-refractivity contribution in [1.29, 1.82) is 0 Å². The summed E-state index contributed by atoms with van der Waals surface area (Å²) in [5.74, 6) is -2.03. The molecule has 1 aromatic heterocycles. The highest BCUT2D eigenvalue weighted by Crippen LogP contribution is 2.34. The van der Waals surface area contributed by atoms with Gasteiger partial charge < -0.3 is 30.1 Å². The summed E-state index contributed by atoms with van der Waals surface area (Å²) in [5.41, 5.74) is 7.01. The Balaban J connectivity index is 0.773. The molecule has 5 aliphatic rings. The zero-order valence-electron chi connectivity index (χ0n) is 35.5. The maximum Gasteiger partial charge on any atom is 0.258 e. The number of fused-ring (bicyclic) bond motifs is 2. The summed E-state index contributed by atoms with van der Waals surface area (Å²) in [5, 5.41) is 17.2. The van der Waals surface area contributed by atoms with Gasteiger partial charge in [-0.05, 0) is 116 Å². The third-order valence-electron chi connectivity index (χ3n) is 13.6. The summed E-state index contributed by atoms with van der Waals surface area (Å²) in [6.45, 7) is 7.06. The van der Waals surface area contributed by atoms with E-state index in [-0.39, 0.29) is 30.2 Å². The Morgan fingerprint density at radius 2 is 1.52 bits per heavy atom. The van der Waals surface area contributed by atoms with Gasteiger partial charge in [-0.2, -0.15) is 5.10 Å². The SMILES string of the molecule is O=C1CCC(N2Cc3cc(N4CCC(N5CCN(c6ccc(C(=O)Nc7n[nH]c8ccc(Cc9cc(F)cc(F)c9)cc78)c(NC7CCOCC7)c6)CC5)CC4)ccc3C2=O)C(=O)N1. The molecule has 0 radical (unpaired) electrons. The average Bonchev–Trinajstić information content (AvgIpc) is 3.85. The molecule has 5 aromatic rings. The van der Waals surface area contributed by atoms with Gasteiger partial charge in [0, 0.05) is 112 Å². The molecule has 64 heavy (non-hydrogen) atoms. The van der Waals surface area contributed by atoms with Gasteiger partial charge in [0.05, 0.1) is 11.1 Å². The molecule has 5 aliphatic heterocycles. The number of benzene rings is 4. The summed E-state index contributed by atoms with van der Waals surface area (Å²) in [6.07, 6.45) is 4.62. The van der Waals surface area contributed by atoms with Crippen LogP contribution < -0.4 is 25.8 Å². The predicted molar refractivity (Wildman–Crippen MR) is 239 cm³/mol. The van der Waals surface area contributed by atoms with E-state index >= 15 is 0 Å². The number of nitrogens with one attached hydrogen (secondary N) is 4. The van der Waals surface area contributed by atoms with Crippen LogP contribution in [0.15, 0.2) is 72.8 Å². The van der Waals surface area contributed by atoms with Crippen LogP contribution >= 0.6 is 0 Å². The number of hydrogen-bond donors (Lipinski definition) is 4. The minimum absolute atomic E-state index is 0.154. The molecule has 10 rings (SSSR count). The molecule has 14 nitrogen and oxygen atoms in total. The van der Waals surface area contributed by atoms with Crippen LogP contribution in [-0.2, 0) is 27.3 Å². The molecular weight excluding hydrogens is 821 g/mol. The molecule has 0 bridgehead atoms. The second kappa shape index (κ2) is 17.6. The number of nitrogens with zero attached hydrogens (tertiary/aromatic N) is 5. The van der Waals surface area contributed by atoms with Gasteiger partial charge in [0.25, 0.3) is 11.8 Å². The lowest BCUT2D eigenvalue weighted by atomic mass is 10.0. The first-order valence-electron chi connectivity index (χ1n) is 22.3. The van der Waals surface area contributed by atoms with Crippen molar-refractivity contribution in [3.05, 3.63) is 112 Å².